The van der Waals surface area contributed by atoms with Crippen molar-refractivity contribution in [2.45, 2.75) is 24.9 Å². The predicted octanol–water partition coefficient (Wildman–Crippen LogP) is 3.92. The van der Waals surface area contributed by atoms with Gasteiger partial charge in [-0.3, -0.25) is 4.90 Å². The van der Waals surface area contributed by atoms with E-state index in [1.54, 1.807) is 11.3 Å². The molecule has 0 amide bonds. The summed E-state index contributed by atoms with van der Waals surface area (Å²) >= 11 is 1.68. The Balaban J connectivity index is 1.45. The molecule has 2 aromatic carbocycles. The van der Waals surface area contributed by atoms with Crippen LogP contribution in [0.15, 0.2) is 42.5 Å². The molecule has 2 heterocycles. The molecule has 0 saturated carbocycles. The number of piperidine rings is 1. The molecule has 160 valence electrons. The van der Waals surface area contributed by atoms with Crippen LogP contribution in [0.3, 0.4) is 0 Å². The van der Waals surface area contributed by atoms with Crippen molar-refractivity contribution in [3.05, 3.63) is 54.1 Å². The summed E-state index contributed by atoms with van der Waals surface area (Å²) < 4.78 is 33.6. The van der Waals surface area contributed by atoms with Gasteiger partial charge in [0.05, 0.1) is 16.8 Å². The molecule has 8 heteroatoms. The van der Waals surface area contributed by atoms with Gasteiger partial charge in [-0.2, -0.15) is 0 Å². The molecule has 2 atom stereocenters. The molecule has 0 spiro atoms. The van der Waals surface area contributed by atoms with Crippen molar-refractivity contribution in [3.8, 4) is 5.75 Å². The average molecular weight is 434 g/mol. The van der Waals surface area contributed by atoms with E-state index in [-0.39, 0.29) is 18.7 Å². The first-order chi connectivity index (χ1) is 14.5. The zero-order valence-electron chi connectivity index (χ0n) is 16.8. The lowest BCUT2D eigenvalue weighted by Gasteiger charge is -2.42. The molecule has 1 aliphatic heterocycles. The highest BCUT2D eigenvalue weighted by Gasteiger charge is 2.31. The summed E-state index contributed by atoms with van der Waals surface area (Å²) in [6, 6.07) is 12.0. The molecular weight excluding hydrogens is 408 g/mol. The molecule has 5 nitrogen and oxygen atoms in total. The van der Waals surface area contributed by atoms with E-state index in [4.69, 9.17) is 9.72 Å². The highest BCUT2D eigenvalue weighted by Crippen LogP contribution is 2.32. The van der Waals surface area contributed by atoms with Crippen LogP contribution < -0.4 is 9.64 Å². The second-order valence-corrected chi connectivity index (χ2v) is 8.56. The van der Waals surface area contributed by atoms with E-state index in [1.807, 2.05) is 18.2 Å². The molecule has 0 aliphatic carbocycles. The topological polar surface area (TPSA) is 48.8 Å². The molecule has 4 rings (SSSR count). The van der Waals surface area contributed by atoms with Gasteiger partial charge in [-0.1, -0.05) is 23.5 Å². The fraction of sp³-hybridized carbons (Fsp3) is 0.409. The number of likely N-dealkylation sites (tertiary alicyclic amines) is 1. The van der Waals surface area contributed by atoms with Gasteiger partial charge < -0.3 is 14.7 Å². The molecule has 0 radical (unpaired) electrons. The Morgan fingerprint density at radius 3 is 2.83 bits per heavy atom. The molecular formula is C22H25F2N3O2S. The quantitative estimate of drug-likeness (QED) is 0.612. The number of hydrogen-bond donors (Lipinski definition) is 1. The van der Waals surface area contributed by atoms with Crippen molar-refractivity contribution >= 4 is 26.7 Å². The minimum Gasteiger partial charge on any atom is -0.492 e. The van der Waals surface area contributed by atoms with Crippen LogP contribution in [0.1, 0.15) is 12.8 Å². The summed E-state index contributed by atoms with van der Waals surface area (Å²) in [5.41, 5.74) is 1.00. The first-order valence-corrected chi connectivity index (χ1v) is 10.9. The molecule has 1 fully saturated rings. The molecule has 3 aromatic rings. The summed E-state index contributed by atoms with van der Waals surface area (Å²) in [5.74, 6) is -1.50. The number of β-amino-alcohol motifs (C(OH)–C–C–N with tert-alkyl or cyclic N) is 1. The van der Waals surface area contributed by atoms with Crippen LogP contribution in [-0.4, -0.2) is 60.4 Å². The van der Waals surface area contributed by atoms with E-state index in [1.165, 1.54) is 6.07 Å². The molecule has 1 aliphatic rings. The van der Waals surface area contributed by atoms with Crippen LogP contribution >= 0.6 is 11.3 Å². The Labute approximate surface area is 178 Å². The van der Waals surface area contributed by atoms with Gasteiger partial charge in [0.1, 0.15) is 12.4 Å². The first-order valence-electron chi connectivity index (χ1n) is 10.1. The smallest absolute Gasteiger partial charge is 0.186 e. The van der Waals surface area contributed by atoms with Gasteiger partial charge in [0.25, 0.3) is 0 Å². The van der Waals surface area contributed by atoms with E-state index < -0.39 is 11.6 Å². The normalized spacial score (nSPS) is 19.9. The van der Waals surface area contributed by atoms with E-state index in [0.717, 1.165) is 46.9 Å². The van der Waals surface area contributed by atoms with Gasteiger partial charge in [-0.15, -0.1) is 0 Å². The summed E-state index contributed by atoms with van der Waals surface area (Å²) in [5, 5.41) is 10.4. The van der Waals surface area contributed by atoms with Gasteiger partial charge in [0.2, 0.25) is 0 Å². The fourth-order valence-corrected chi connectivity index (χ4v) is 4.95. The number of hydrogen-bond acceptors (Lipinski definition) is 6. The summed E-state index contributed by atoms with van der Waals surface area (Å²) in [7, 11) is 2.07. The minimum atomic E-state index is -0.920. The number of para-hydroxylation sites is 1. The number of anilines is 1. The lowest BCUT2D eigenvalue weighted by Crippen LogP contribution is -2.52. The number of aliphatic hydroxyl groups excluding tert-OH is 1. The molecule has 1 saturated heterocycles. The Bertz CT molecular complexity index is 966. The zero-order chi connectivity index (χ0) is 21.1. The van der Waals surface area contributed by atoms with Crippen LogP contribution in [0.4, 0.5) is 13.9 Å². The maximum Gasteiger partial charge on any atom is 0.186 e. The van der Waals surface area contributed by atoms with Gasteiger partial charge in [-0.05, 0) is 37.1 Å². The zero-order valence-corrected chi connectivity index (χ0v) is 17.6. The molecule has 0 bridgehead atoms. The third kappa shape index (κ3) is 4.55. The average Bonchev–Trinajstić information content (AvgIpc) is 3.19. The Hall–Kier alpha value is -2.29. The summed E-state index contributed by atoms with van der Waals surface area (Å²) in [4.78, 5) is 9.19. The Morgan fingerprint density at radius 2 is 2.07 bits per heavy atom. The van der Waals surface area contributed by atoms with Gasteiger partial charge >= 0.3 is 0 Å². The molecule has 1 aromatic heterocycles. The van der Waals surface area contributed by atoms with E-state index >= 15 is 0 Å². The predicted molar refractivity (Wildman–Crippen MR) is 115 cm³/mol. The van der Waals surface area contributed by atoms with E-state index in [9.17, 15) is 13.9 Å². The second-order valence-electron chi connectivity index (χ2n) is 7.55. The first kappa shape index (κ1) is 21.0. The van der Waals surface area contributed by atoms with Crippen LogP contribution in [0, 0.1) is 11.6 Å². The highest BCUT2D eigenvalue weighted by atomic mass is 32.1. The number of benzene rings is 2. The minimum absolute atomic E-state index is 0.0563. The van der Waals surface area contributed by atoms with Crippen molar-refractivity contribution in [1.29, 1.82) is 0 Å². The number of ether oxygens (including phenoxy) is 1. The monoisotopic (exact) mass is 433 g/mol. The number of fused-ring (bicyclic) bond motifs is 1. The SMILES string of the molecule is CN(c1nc2ccccc2s1)[C@H]1CCN(CCO)[C@H](COc2ccc(F)c(F)c2)C1. The summed E-state index contributed by atoms with van der Waals surface area (Å²) in [6.07, 6.45) is 1.78. The van der Waals surface area contributed by atoms with Crippen molar-refractivity contribution in [2.75, 3.05) is 38.3 Å². The third-order valence-electron chi connectivity index (χ3n) is 5.66. The molecule has 1 N–H and O–H groups in total. The number of thiazole rings is 1. The molecule has 30 heavy (non-hydrogen) atoms. The number of nitrogens with zero attached hydrogens (tertiary/aromatic N) is 3. The maximum absolute atomic E-state index is 13.5. The van der Waals surface area contributed by atoms with Gasteiger partial charge in [-0.25, -0.2) is 13.8 Å². The van der Waals surface area contributed by atoms with E-state index in [0.29, 0.717) is 18.9 Å². The number of aromatic nitrogens is 1. The van der Waals surface area contributed by atoms with Crippen LogP contribution in [0.5, 0.6) is 5.75 Å². The van der Waals surface area contributed by atoms with Crippen molar-refractivity contribution in [1.82, 2.24) is 9.88 Å². The fourth-order valence-electron chi connectivity index (χ4n) is 3.95. The number of rotatable bonds is 7. The van der Waals surface area contributed by atoms with Crippen LogP contribution in [-0.2, 0) is 0 Å². The highest BCUT2D eigenvalue weighted by molar-refractivity contribution is 7.22. The lowest BCUT2D eigenvalue weighted by atomic mass is 9.96. The van der Waals surface area contributed by atoms with Crippen LogP contribution in [0.2, 0.25) is 0 Å². The van der Waals surface area contributed by atoms with Crippen LogP contribution in [0.25, 0.3) is 10.2 Å². The van der Waals surface area contributed by atoms with Crippen molar-refractivity contribution in [2.24, 2.45) is 0 Å². The Kier molecular flexibility index (Phi) is 6.46. The maximum atomic E-state index is 13.5. The summed E-state index contributed by atoms with van der Waals surface area (Å²) in [6.45, 7) is 1.80. The lowest BCUT2D eigenvalue weighted by molar-refractivity contribution is 0.0730. The Morgan fingerprint density at radius 1 is 1.23 bits per heavy atom. The van der Waals surface area contributed by atoms with Gasteiger partial charge in [0.15, 0.2) is 16.8 Å². The third-order valence-corrected chi connectivity index (χ3v) is 6.79. The van der Waals surface area contributed by atoms with Crippen molar-refractivity contribution in [3.63, 3.8) is 0 Å². The molecule has 0 unspecified atom stereocenters. The number of halogens is 2. The van der Waals surface area contributed by atoms with Crippen molar-refractivity contribution < 1.29 is 18.6 Å². The van der Waals surface area contributed by atoms with E-state index in [2.05, 4.69) is 22.9 Å². The second kappa shape index (κ2) is 9.24. The number of aliphatic hydroxyl groups is 1. The standard InChI is InChI=1S/C22H25F2N3O2S/c1-26(22-25-20-4-2-3-5-21(20)30-22)15-8-9-27(10-11-28)16(12-15)14-29-17-6-7-18(23)19(24)13-17/h2-7,13,15-16,28H,8-12,14H2,1H3/t15-,16-/m0/s1. The van der Waals surface area contributed by atoms with Gasteiger partial charge in [0, 0.05) is 38.3 Å². The largest absolute Gasteiger partial charge is 0.492 e.